The topological polar surface area (TPSA) is 45.2 Å². The Hall–Kier alpha value is -2.79. The van der Waals surface area contributed by atoms with E-state index in [0.29, 0.717) is 16.8 Å². The number of aryl methyl sites for hydroxylation is 1. The van der Waals surface area contributed by atoms with Crippen molar-refractivity contribution in [2.24, 2.45) is 0 Å². The lowest BCUT2D eigenvalue weighted by Crippen LogP contribution is -2.21. The van der Waals surface area contributed by atoms with Crippen LogP contribution in [0.5, 0.6) is 0 Å². The van der Waals surface area contributed by atoms with Crippen LogP contribution in [0.15, 0.2) is 48.5 Å². The van der Waals surface area contributed by atoms with Crippen molar-refractivity contribution in [1.29, 1.82) is 0 Å². The van der Waals surface area contributed by atoms with Crippen LogP contribution in [-0.4, -0.2) is 28.9 Å². The van der Waals surface area contributed by atoms with E-state index >= 15 is 0 Å². The van der Waals surface area contributed by atoms with E-state index in [1.165, 1.54) is 25.0 Å². The summed E-state index contributed by atoms with van der Waals surface area (Å²) < 4.78 is 13.4. The lowest BCUT2D eigenvalue weighted by molar-refractivity contribution is 0.102. The minimum Gasteiger partial charge on any atom is -0.322 e. The number of aromatic nitrogens is 1. The van der Waals surface area contributed by atoms with Crippen molar-refractivity contribution >= 4 is 22.5 Å². The first-order chi connectivity index (χ1) is 13.1. The van der Waals surface area contributed by atoms with E-state index in [9.17, 15) is 9.18 Å². The summed E-state index contributed by atoms with van der Waals surface area (Å²) in [5.41, 5.74) is 3.58. The molecule has 2 aromatic carbocycles. The van der Waals surface area contributed by atoms with Crippen LogP contribution in [0.3, 0.4) is 0 Å². The Kier molecular flexibility index (Phi) is 4.86. The number of rotatable bonds is 4. The van der Waals surface area contributed by atoms with Crippen LogP contribution in [0, 0.1) is 12.7 Å². The summed E-state index contributed by atoms with van der Waals surface area (Å²) in [7, 11) is 0. The van der Waals surface area contributed by atoms with Gasteiger partial charge in [-0.2, -0.15) is 0 Å². The van der Waals surface area contributed by atoms with Gasteiger partial charge in [0, 0.05) is 23.7 Å². The molecule has 5 heteroatoms. The highest BCUT2D eigenvalue weighted by atomic mass is 19.1. The summed E-state index contributed by atoms with van der Waals surface area (Å²) in [5.74, 6) is -0.525. The van der Waals surface area contributed by atoms with Gasteiger partial charge in [-0.25, -0.2) is 4.39 Å². The summed E-state index contributed by atoms with van der Waals surface area (Å²) in [6.45, 7) is 4.82. The number of halogens is 1. The van der Waals surface area contributed by atoms with Gasteiger partial charge in [0.05, 0.1) is 16.8 Å². The summed E-state index contributed by atoms with van der Waals surface area (Å²) in [4.78, 5) is 19.7. The number of nitrogens with one attached hydrogen (secondary N) is 1. The Balaban J connectivity index is 1.60. The fraction of sp³-hybridized carbons (Fsp3) is 0.273. The minimum absolute atomic E-state index is 0.194. The first kappa shape index (κ1) is 17.6. The van der Waals surface area contributed by atoms with E-state index in [2.05, 4.69) is 21.3 Å². The van der Waals surface area contributed by atoms with Crippen molar-refractivity contribution in [3.05, 3.63) is 71.2 Å². The fourth-order valence-corrected chi connectivity index (χ4v) is 3.62. The van der Waals surface area contributed by atoms with E-state index in [1.54, 1.807) is 19.1 Å². The van der Waals surface area contributed by atoms with E-state index < -0.39 is 0 Å². The number of carbonyl (C=O) groups is 1. The molecule has 1 aliphatic heterocycles. The normalized spacial score (nSPS) is 14.6. The van der Waals surface area contributed by atoms with Crippen LogP contribution in [0.4, 0.5) is 10.1 Å². The quantitative estimate of drug-likeness (QED) is 0.741. The average Bonchev–Trinajstić information content (AvgIpc) is 3.15. The number of benzene rings is 2. The molecule has 27 heavy (non-hydrogen) atoms. The van der Waals surface area contributed by atoms with Crippen molar-refractivity contribution in [2.75, 3.05) is 18.4 Å². The molecule has 0 bridgehead atoms. The number of likely N-dealkylation sites (tertiary alicyclic amines) is 1. The monoisotopic (exact) mass is 363 g/mol. The molecule has 0 saturated carbocycles. The van der Waals surface area contributed by atoms with Gasteiger partial charge < -0.3 is 5.32 Å². The molecular weight excluding hydrogens is 341 g/mol. The van der Waals surface area contributed by atoms with Crippen LogP contribution >= 0.6 is 0 Å². The number of hydrogen-bond acceptors (Lipinski definition) is 3. The SMILES string of the molecule is Cc1nc2cc(F)ccc2cc1C(=O)Nc1ccccc1CN1CCCC1. The van der Waals surface area contributed by atoms with Gasteiger partial charge in [0.25, 0.3) is 5.91 Å². The van der Waals surface area contributed by atoms with Gasteiger partial charge in [0.2, 0.25) is 0 Å². The molecule has 1 N–H and O–H groups in total. The number of amides is 1. The molecule has 4 rings (SSSR count). The molecule has 0 atom stereocenters. The number of fused-ring (bicyclic) bond motifs is 1. The lowest BCUT2D eigenvalue weighted by atomic mass is 10.1. The van der Waals surface area contributed by atoms with E-state index in [1.807, 2.05) is 18.2 Å². The zero-order valence-electron chi connectivity index (χ0n) is 15.3. The second-order valence-electron chi connectivity index (χ2n) is 7.05. The van der Waals surface area contributed by atoms with Crippen LogP contribution in [-0.2, 0) is 6.54 Å². The number of carbonyl (C=O) groups excluding carboxylic acids is 1. The van der Waals surface area contributed by atoms with Gasteiger partial charge in [-0.05, 0) is 62.7 Å². The summed E-state index contributed by atoms with van der Waals surface area (Å²) >= 11 is 0. The van der Waals surface area contributed by atoms with E-state index in [4.69, 9.17) is 0 Å². The minimum atomic E-state index is -0.331. The molecular formula is C22H22FN3O. The number of anilines is 1. The van der Waals surface area contributed by atoms with Crippen molar-refractivity contribution in [3.8, 4) is 0 Å². The first-order valence-electron chi connectivity index (χ1n) is 9.29. The maximum absolute atomic E-state index is 13.4. The maximum atomic E-state index is 13.4. The number of pyridine rings is 1. The standard InChI is InChI=1S/C22H22FN3O/c1-15-19(12-16-8-9-18(23)13-21(16)24-15)22(27)25-20-7-3-2-6-17(20)14-26-10-4-5-11-26/h2-3,6-9,12-13H,4-5,10-11,14H2,1H3,(H,25,27). The third-order valence-corrected chi connectivity index (χ3v) is 5.07. The van der Waals surface area contributed by atoms with Crippen molar-refractivity contribution < 1.29 is 9.18 Å². The van der Waals surface area contributed by atoms with Crippen molar-refractivity contribution in [1.82, 2.24) is 9.88 Å². The Morgan fingerprint density at radius 2 is 1.93 bits per heavy atom. The molecule has 0 radical (unpaired) electrons. The van der Waals surface area contributed by atoms with Gasteiger partial charge in [-0.15, -0.1) is 0 Å². The lowest BCUT2D eigenvalue weighted by Gasteiger charge is -2.18. The Bertz CT molecular complexity index is 996. The maximum Gasteiger partial charge on any atom is 0.257 e. The average molecular weight is 363 g/mol. The number of nitrogens with zero attached hydrogens (tertiary/aromatic N) is 2. The Morgan fingerprint density at radius 3 is 2.74 bits per heavy atom. The summed E-state index contributed by atoms with van der Waals surface area (Å²) in [6, 6.07) is 14.1. The van der Waals surface area contributed by atoms with Gasteiger partial charge in [0.1, 0.15) is 5.82 Å². The second-order valence-corrected chi connectivity index (χ2v) is 7.05. The molecule has 0 spiro atoms. The second kappa shape index (κ2) is 7.45. The fourth-order valence-electron chi connectivity index (χ4n) is 3.62. The largest absolute Gasteiger partial charge is 0.322 e. The zero-order valence-corrected chi connectivity index (χ0v) is 15.3. The molecule has 1 aromatic heterocycles. The Morgan fingerprint density at radius 1 is 1.15 bits per heavy atom. The highest BCUT2D eigenvalue weighted by Gasteiger charge is 2.16. The molecule has 1 saturated heterocycles. The summed E-state index contributed by atoms with van der Waals surface area (Å²) in [5, 5.41) is 3.79. The van der Waals surface area contributed by atoms with Crippen LogP contribution in [0.2, 0.25) is 0 Å². The predicted octanol–water partition coefficient (Wildman–Crippen LogP) is 4.53. The molecule has 3 aromatic rings. The van der Waals surface area contributed by atoms with E-state index in [0.717, 1.165) is 36.3 Å². The van der Waals surface area contributed by atoms with Gasteiger partial charge in [0.15, 0.2) is 0 Å². The molecule has 4 nitrogen and oxygen atoms in total. The molecule has 2 heterocycles. The van der Waals surface area contributed by atoms with Crippen LogP contribution in [0.1, 0.15) is 34.5 Å². The molecule has 0 unspecified atom stereocenters. The van der Waals surface area contributed by atoms with Crippen molar-refractivity contribution in [2.45, 2.75) is 26.3 Å². The Labute approximate surface area is 158 Å². The molecule has 1 fully saturated rings. The van der Waals surface area contributed by atoms with Crippen molar-refractivity contribution in [3.63, 3.8) is 0 Å². The van der Waals surface area contributed by atoms with Gasteiger partial charge >= 0.3 is 0 Å². The summed E-state index contributed by atoms with van der Waals surface area (Å²) in [6.07, 6.45) is 2.47. The third kappa shape index (κ3) is 3.83. The van der Waals surface area contributed by atoms with Gasteiger partial charge in [-0.1, -0.05) is 18.2 Å². The highest BCUT2D eigenvalue weighted by molar-refractivity contribution is 6.07. The number of para-hydroxylation sites is 1. The van der Waals surface area contributed by atoms with Gasteiger partial charge in [-0.3, -0.25) is 14.7 Å². The first-order valence-corrected chi connectivity index (χ1v) is 9.29. The zero-order chi connectivity index (χ0) is 18.8. The predicted molar refractivity (Wildman–Crippen MR) is 105 cm³/mol. The molecule has 1 aliphatic rings. The van der Waals surface area contributed by atoms with E-state index in [-0.39, 0.29) is 11.7 Å². The molecule has 0 aliphatic carbocycles. The molecule has 1 amide bonds. The van der Waals surface area contributed by atoms with Crippen LogP contribution < -0.4 is 5.32 Å². The van der Waals surface area contributed by atoms with Crippen LogP contribution in [0.25, 0.3) is 10.9 Å². The third-order valence-electron chi connectivity index (χ3n) is 5.07. The smallest absolute Gasteiger partial charge is 0.257 e. The highest BCUT2D eigenvalue weighted by Crippen LogP contribution is 2.22. The molecule has 138 valence electrons. The number of hydrogen-bond donors (Lipinski definition) is 1.